The number of likely N-dealkylation sites (N-methyl/N-ethyl adjacent to an activating group) is 1. The first-order valence-corrected chi connectivity index (χ1v) is 6.60. The zero-order chi connectivity index (χ0) is 15.8. The third kappa shape index (κ3) is 5.95. The Morgan fingerprint density at radius 2 is 2.05 bits per heavy atom. The molecule has 21 heavy (non-hydrogen) atoms. The number of benzene rings is 1. The highest BCUT2D eigenvalue weighted by molar-refractivity contribution is 5.69. The first kappa shape index (κ1) is 17.2. The van der Waals surface area contributed by atoms with Crippen LogP contribution in [0.4, 0.5) is 8.78 Å². The number of nitrogens with zero attached hydrogens (tertiary/aromatic N) is 1. The van der Waals surface area contributed by atoms with Gasteiger partial charge < -0.3 is 14.6 Å². The molecule has 0 aliphatic carbocycles. The minimum atomic E-state index is -2.92. The van der Waals surface area contributed by atoms with Gasteiger partial charge in [-0.3, -0.25) is 9.69 Å². The molecular weight excluding hydrogens is 284 g/mol. The summed E-state index contributed by atoms with van der Waals surface area (Å²) in [4.78, 5) is 12.4. The first-order valence-electron chi connectivity index (χ1n) is 6.60. The molecule has 0 radical (unpaired) electrons. The number of ether oxygens (including phenoxy) is 2. The summed E-state index contributed by atoms with van der Waals surface area (Å²) in [6.07, 6.45) is 0. The molecule has 7 heteroatoms. The molecule has 1 aromatic rings. The average Bonchev–Trinajstić information content (AvgIpc) is 2.40. The van der Waals surface area contributed by atoms with Crippen molar-refractivity contribution in [2.24, 2.45) is 0 Å². The SMILES string of the molecule is CCOc1cc(CN(CC)CC(=O)O)ccc1OC(F)F. The van der Waals surface area contributed by atoms with Gasteiger partial charge in [0.2, 0.25) is 0 Å². The quantitative estimate of drug-likeness (QED) is 0.760. The Bertz CT molecular complexity index is 468. The second-order valence-corrected chi connectivity index (χ2v) is 4.29. The van der Waals surface area contributed by atoms with Crippen LogP contribution < -0.4 is 9.47 Å². The van der Waals surface area contributed by atoms with Crippen molar-refractivity contribution in [1.29, 1.82) is 0 Å². The third-order valence-electron chi connectivity index (χ3n) is 2.74. The number of carboxylic acids is 1. The standard InChI is InChI=1S/C14H19F2NO4/c1-3-17(9-13(18)19)8-10-5-6-11(21-14(15)16)12(7-10)20-4-2/h5-7,14H,3-4,8-9H2,1-2H3,(H,18,19). The molecule has 1 aromatic carbocycles. The highest BCUT2D eigenvalue weighted by atomic mass is 19.3. The fourth-order valence-electron chi connectivity index (χ4n) is 1.84. The summed E-state index contributed by atoms with van der Waals surface area (Å²) in [5.74, 6) is -0.724. The number of alkyl halides is 2. The zero-order valence-electron chi connectivity index (χ0n) is 12.0. The van der Waals surface area contributed by atoms with Crippen molar-refractivity contribution in [2.75, 3.05) is 19.7 Å². The van der Waals surface area contributed by atoms with Crippen molar-refractivity contribution in [1.82, 2.24) is 4.90 Å². The van der Waals surface area contributed by atoms with Crippen molar-refractivity contribution in [3.8, 4) is 11.5 Å². The summed E-state index contributed by atoms with van der Waals surface area (Å²) in [5.41, 5.74) is 0.767. The van der Waals surface area contributed by atoms with Gasteiger partial charge in [0.15, 0.2) is 11.5 Å². The molecule has 0 heterocycles. The maximum absolute atomic E-state index is 12.3. The van der Waals surface area contributed by atoms with Gasteiger partial charge in [-0.2, -0.15) is 8.78 Å². The Morgan fingerprint density at radius 1 is 1.33 bits per heavy atom. The molecule has 0 aliphatic rings. The topological polar surface area (TPSA) is 59.0 Å². The monoisotopic (exact) mass is 303 g/mol. The Morgan fingerprint density at radius 3 is 2.57 bits per heavy atom. The van der Waals surface area contributed by atoms with E-state index in [0.717, 1.165) is 5.56 Å². The smallest absolute Gasteiger partial charge is 0.387 e. The van der Waals surface area contributed by atoms with Crippen molar-refractivity contribution >= 4 is 5.97 Å². The van der Waals surface area contributed by atoms with Gasteiger partial charge in [0.1, 0.15) is 0 Å². The number of carboxylic acid groups (broad SMARTS) is 1. The number of halogens is 2. The molecule has 0 aromatic heterocycles. The van der Waals surface area contributed by atoms with Crippen molar-refractivity contribution in [2.45, 2.75) is 27.0 Å². The summed E-state index contributed by atoms with van der Waals surface area (Å²) < 4.78 is 34.3. The Hall–Kier alpha value is -1.89. The molecule has 0 saturated carbocycles. The van der Waals surface area contributed by atoms with Crippen LogP contribution in [-0.2, 0) is 11.3 Å². The van der Waals surface area contributed by atoms with Gasteiger partial charge in [0.25, 0.3) is 0 Å². The van der Waals surface area contributed by atoms with E-state index < -0.39 is 12.6 Å². The van der Waals surface area contributed by atoms with Gasteiger partial charge in [-0.05, 0) is 31.2 Å². The van der Waals surface area contributed by atoms with E-state index in [2.05, 4.69) is 4.74 Å². The van der Waals surface area contributed by atoms with E-state index in [0.29, 0.717) is 19.7 Å². The van der Waals surface area contributed by atoms with Gasteiger partial charge in [-0.25, -0.2) is 0 Å². The molecule has 0 bridgehead atoms. The van der Waals surface area contributed by atoms with Gasteiger partial charge in [-0.1, -0.05) is 13.0 Å². The number of hydrogen-bond donors (Lipinski definition) is 1. The summed E-state index contributed by atoms with van der Waals surface area (Å²) in [6.45, 7) is 1.84. The van der Waals surface area contributed by atoms with Gasteiger partial charge in [0.05, 0.1) is 13.2 Å². The average molecular weight is 303 g/mol. The summed E-state index contributed by atoms with van der Waals surface area (Å²) in [6, 6.07) is 4.61. The van der Waals surface area contributed by atoms with E-state index in [1.54, 1.807) is 24.0 Å². The summed E-state index contributed by atoms with van der Waals surface area (Å²) in [5, 5.41) is 8.81. The van der Waals surface area contributed by atoms with Crippen LogP contribution in [0.2, 0.25) is 0 Å². The molecule has 0 fully saturated rings. The van der Waals surface area contributed by atoms with Crippen LogP contribution in [0.1, 0.15) is 19.4 Å². The predicted octanol–water partition coefficient (Wildman–Crippen LogP) is 2.59. The largest absolute Gasteiger partial charge is 0.490 e. The van der Waals surface area contributed by atoms with Crippen LogP contribution >= 0.6 is 0 Å². The Labute approximate surface area is 122 Å². The number of carbonyl (C=O) groups is 1. The third-order valence-corrected chi connectivity index (χ3v) is 2.74. The van der Waals surface area contributed by atoms with E-state index in [1.165, 1.54) is 6.07 Å². The molecule has 0 spiro atoms. The van der Waals surface area contributed by atoms with Gasteiger partial charge in [-0.15, -0.1) is 0 Å². The Kier molecular flexibility index (Phi) is 6.87. The molecular formula is C14H19F2NO4. The number of aliphatic carboxylic acids is 1. The normalized spacial score (nSPS) is 11.0. The van der Waals surface area contributed by atoms with Crippen LogP contribution in [0.25, 0.3) is 0 Å². The number of rotatable bonds is 9. The molecule has 0 aliphatic heterocycles. The van der Waals surface area contributed by atoms with E-state index in [1.807, 2.05) is 6.92 Å². The minimum Gasteiger partial charge on any atom is -0.490 e. The van der Waals surface area contributed by atoms with E-state index in [4.69, 9.17) is 9.84 Å². The lowest BCUT2D eigenvalue weighted by Crippen LogP contribution is -2.29. The van der Waals surface area contributed by atoms with Crippen LogP contribution in [0.3, 0.4) is 0 Å². The highest BCUT2D eigenvalue weighted by Crippen LogP contribution is 2.30. The number of hydrogen-bond acceptors (Lipinski definition) is 4. The predicted molar refractivity (Wildman–Crippen MR) is 72.8 cm³/mol. The van der Waals surface area contributed by atoms with Gasteiger partial charge >= 0.3 is 12.6 Å². The first-order chi connectivity index (χ1) is 9.96. The van der Waals surface area contributed by atoms with Crippen molar-refractivity contribution in [3.63, 3.8) is 0 Å². The maximum Gasteiger partial charge on any atom is 0.387 e. The van der Waals surface area contributed by atoms with Crippen LogP contribution in [-0.4, -0.2) is 42.3 Å². The second kappa shape index (κ2) is 8.41. The molecule has 0 amide bonds. The maximum atomic E-state index is 12.3. The molecule has 0 saturated heterocycles. The lowest BCUT2D eigenvalue weighted by molar-refractivity contribution is -0.138. The fraction of sp³-hybridized carbons (Fsp3) is 0.500. The van der Waals surface area contributed by atoms with Crippen LogP contribution in [0.15, 0.2) is 18.2 Å². The fourth-order valence-corrected chi connectivity index (χ4v) is 1.84. The molecule has 1 rings (SSSR count). The van der Waals surface area contributed by atoms with Crippen molar-refractivity contribution in [3.05, 3.63) is 23.8 Å². The van der Waals surface area contributed by atoms with Crippen LogP contribution in [0.5, 0.6) is 11.5 Å². The van der Waals surface area contributed by atoms with Crippen molar-refractivity contribution < 1.29 is 28.2 Å². The Balaban J connectivity index is 2.88. The lowest BCUT2D eigenvalue weighted by Gasteiger charge is -2.19. The van der Waals surface area contributed by atoms with E-state index in [9.17, 15) is 13.6 Å². The zero-order valence-corrected chi connectivity index (χ0v) is 12.0. The highest BCUT2D eigenvalue weighted by Gasteiger charge is 2.13. The summed E-state index contributed by atoms with van der Waals surface area (Å²) >= 11 is 0. The summed E-state index contributed by atoms with van der Waals surface area (Å²) in [7, 11) is 0. The van der Waals surface area contributed by atoms with Gasteiger partial charge in [0, 0.05) is 6.54 Å². The molecule has 1 N–H and O–H groups in total. The molecule has 0 atom stereocenters. The van der Waals surface area contributed by atoms with Crippen LogP contribution in [0, 0.1) is 0 Å². The van der Waals surface area contributed by atoms with E-state index in [-0.39, 0.29) is 18.0 Å². The lowest BCUT2D eigenvalue weighted by atomic mass is 10.2. The molecule has 118 valence electrons. The van der Waals surface area contributed by atoms with E-state index >= 15 is 0 Å². The molecule has 5 nitrogen and oxygen atoms in total. The minimum absolute atomic E-state index is 0.0307. The second-order valence-electron chi connectivity index (χ2n) is 4.29. The molecule has 0 unspecified atom stereocenters.